The molecule has 3 unspecified atom stereocenters. The van der Waals surface area contributed by atoms with Crippen molar-refractivity contribution in [2.24, 2.45) is 5.92 Å². The van der Waals surface area contributed by atoms with Gasteiger partial charge in [-0.2, -0.15) is 0 Å². The zero-order valence-electron chi connectivity index (χ0n) is 10.7. The molecule has 1 saturated heterocycles. The van der Waals surface area contributed by atoms with Crippen molar-refractivity contribution in [3.05, 3.63) is 34.6 Å². The molecule has 1 aromatic carbocycles. The van der Waals surface area contributed by atoms with Crippen LogP contribution in [0.25, 0.3) is 0 Å². The molecule has 1 heterocycles. The van der Waals surface area contributed by atoms with Gasteiger partial charge in [0, 0.05) is 12.6 Å². The number of likely N-dealkylation sites (N-methyl/N-ethyl adjacent to an activating group) is 1. The van der Waals surface area contributed by atoms with Crippen molar-refractivity contribution >= 4 is 11.6 Å². The summed E-state index contributed by atoms with van der Waals surface area (Å²) in [6, 6.07) is 5.20. The molecule has 0 amide bonds. The SMILES string of the molecule is CNC(Cc1ccc(Cl)c(F)c1)C1OCCC1C. The molecule has 2 nitrogen and oxygen atoms in total. The first-order valence-electron chi connectivity index (χ1n) is 6.34. The van der Waals surface area contributed by atoms with E-state index in [2.05, 4.69) is 12.2 Å². The van der Waals surface area contributed by atoms with Gasteiger partial charge in [0.25, 0.3) is 0 Å². The summed E-state index contributed by atoms with van der Waals surface area (Å²) in [5.74, 6) is 0.184. The molecule has 0 saturated carbocycles. The molecule has 0 radical (unpaired) electrons. The predicted molar refractivity (Wildman–Crippen MR) is 71.5 cm³/mol. The second-order valence-electron chi connectivity index (χ2n) is 4.95. The summed E-state index contributed by atoms with van der Waals surface area (Å²) < 4.78 is 19.2. The van der Waals surface area contributed by atoms with E-state index < -0.39 is 0 Å². The lowest BCUT2D eigenvalue weighted by molar-refractivity contribution is 0.0634. The minimum absolute atomic E-state index is 0.172. The zero-order valence-corrected chi connectivity index (χ0v) is 11.5. The van der Waals surface area contributed by atoms with Crippen molar-refractivity contribution in [1.29, 1.82) is 0 Å². The second-order valence-corrected chi connectivity index (χ2v) is 5.36. The van der Waals surface area contributed by atoms with Gasteiger partial charge in [-0.15, -0.1) is 0 Å². The van der Waals surface area contributed by atoms with Crippen molar-refractivity contribution < 1.29 is 9.13 Å². The Bertz CT molecular complexity index is 413. The highest BCUT2D eigenvalue weighted by atomic mass is 35.5. The molecule has 3 atom stereocenters. The van der Waals surface area contributed by atoms with Gasteiger partial charge in [0.15, 0.2) is 0 Å². The van der Waals surface area contributed by atoms with E-state index in [-0.39, 0.29) is 23.0 Å². The van der Waals surface area contributed by atoms with Gasteiger partial charge in [0.05, 0.1) is 11.1 Å². The van der Waals surface area contributed by atoms with E-state index in [4.69, 9.17) is 16.3 Å². The maximum atomic E-state index is 13.4. The molecule has 1 aliphatic rings. The Balaban J connectivity index is 2.07. The lowest BCUT2D eigenvalue weighted by Crippen LogP contribution is -2.41. The van der Waals surface area contributed by atoms with E-state index in [1.54, 1.807) is 6.07 Å². The van der Waals surface area contributed by atoms with Crippen molar-refractivity contribution in [3.8, 4) is 0 Å². The molecule has 18 heavy (non-hydrogen) atoms. The van der Waals surface area contributed by atoms with Crippen LogP contribution in [0.5, 0.6) is 0 Å². The Labute approximate surface area is 112 Å². The van der Waals surface area contributed by atoms with Crippen molar-refractivity contribution in [2.45, 2.75) is 31.9 Å². The minimum atomic E-state index is -0.357. The number of nitrogens with one attached hydrogen (secondary N) is 1. The van der Waals surface area contributed by atoms with Crippen LogP contribution in [0.3, 0.4) is 0 Å². The molecule has 1 aromatic rings. The standard InChI is InChI=1S/C14H19ClFNO/c1-9-5-6-18-14(9)13(17-2)8-10-3-4-11(15)12(16)7-10/h3-4,7,9,13-14,17H,5-6,8H2,1-2H3. The Morgan fingerprint density at radius 1 is 1.56 bits per heavy atom. The Morgan fingerprint density at radius 3 is 2.89 bits per heavy atom. The summed E-state index contributed by atoms with van der Waals surface area (Å²) in [6.45, 7) is 3.02. The van der Waals surface area contributed by atoms with E-state index in [0.717, 1.165) is 25.0 Å². The Morgan fingerprint density at radius 2 is 2.33 bits per heavy atom. The molecule has 1 N–H and O–H groups in total. The Kier molecular flexibility index (Phi) is 4.60. The highest BCUT2D eigenvalue weighted by Gasteiger charge is 2.31. The van der Waals surface area contributed by atoms with Gasteiger partial charge < -0.3 is 10.1 Å². The maximum Gasteiger partial charge on any atom is 0.142 e. The average Bonchev–Trinajstić information content (AvgIpc) is 2.77. The van der Waals surface area contributed by atoms with Gasteiger partial charge in [-0.25, -0.2) is 4.39 Å². The molecule has 0 bridgehead atoms. The lowest BCUT2D eigenvalue weighted by Gasteiger charge is -2.26. The van der Waals surface area contributed by atoms with Gasteiger partial charge in [0.1, 0.15) is 5.82 Å². The fourth-order valence-corrected chi connectivity index (χ4v) is 2.65. The van der Waals surface area contributed by atoms with Crippen LogP contribution in [-0.2, 0) is 11.2 Å². The average molecular weight is 272 g/mol. The molecule has 1 fully saturated rings. The van der Waals surface area contributed by atoms with Crippen LogP contribution < -0.4 is 5.32 Å². The first-order chi connectivity index (χ1) is 8.61. The minimum Gasteiger partial charge on any atom is -0.376 e. The molecular weight excluding hydrogens is 253 g/mol. The Hall–Kier alpha value is -0.640. The first-order valence-corrected chi connectivity index (χ1v) is 6.72. The summed E-state index contributed by atoms with van der Waals surface area (Å²) in [4.78, 5) is 0. The van der Waals surface area contributed by atoms with Crippen LogP contribution in [0.4, 0.5) is 4.39 Å². The highest BCUT2D eigenvalue weighted by molar-refractivity contribution is 6.30. The lowest BCUT2D eigenvalue weighted by atomic mass is 9.93. The molecule has 100 valence electrons. The summed E-state index contributed by atoms with van der Waals surface area (Å²) in [7, 11) is 1.92. The van der Waals surface area contributed by atoms with Gasteiger partial charge in [-0.05, 0) is 43.5 Å². The van der Waals surface area contributed by atoms with E-state index in [1.165, 1.54) is 6.07 Å². The van der Waals surface area contributed by atoms with Crippen LogP contribution in [-0.4, -0.2) is 25.8 Å². The smallest absolute Gasteiger partial charge is 0.142 e. The van der Waals surface area contributed by atoms with E-state index >= 15 is 0 Å². The molecule has 4 heteroatoms. The van der Waals surface area contributed by atoms with Crippen LogP contribution in [0.2, 0.25) is 5.02 Å². The third kappa shape index (κ3) is 3.02. The van der Waals surface area contributed by atoms with Crippen molar-refractivity contribution in [1.82, 2.24) is 5.32 Å². The third-order valence-electron chi connectivity index (χ3n) is 3.65. The monoisotopic (exact) mass is 271 g/mol. The van der Waals surface area contributed by atoms with E-state index in [1.807, 2.05) is 13.1 Å². The molecule has 0 aliphatic carbocycles. The number of hydrogen-bond donors (Lipinski definition) is 1. The number of rotatable bonds is 4. The molecular formula is C14H19ClFNO. The predicted octanol–water partition coefficient (Wildman–Crippen LogP) is 3.03. The molecule has 0 spiro atoms. The second kappa shape index (κ2) is 6.00. The summed E-state index contributed by atoms with van der Waals surface area (Å²) in [6.07, 6.45) is 2.05. The fraction of sp³-hybridized carbons (Fsp3) is 0.571. The van der Waals surface area contributed by atoms with Gasteiger partial charge >= 0.3 is 0 Å². The third-order valence-corrected chi connectivity index (χ3v) is 3.96. The largest absolute Gasteiger partial charge is 0.376 e. The van der Waals surface area contributed by atoms with Crippen LogP contribution in [0.1, 0.15) is 18.9 Å². The summed E-state index contributed by atoms with van der Waals surface area (Å²) >= 11 is 5.69. The van der Waals surface area contributed by atoms with E-state index in [9.17, 15) is 4.39 Å². The quantitative estimate of drug-likeness (QED) is 0.909. The molecule has 0 aromatic heterocycles. The molecule has 1 aliphatic heterocycles. The zero-order chi connectivity index (χ0) is 13.1. The number of benzene rings is 1. The number of hydrogen-bond acceptors (Lipinski definition) is 2. The topological polar surface area (TPSA) is 21.3 Å². The number of halogens is 2. The van der Waals surface area contributed by atoms with Gasteiger partial charge in [-0.1, -0.05) is 24.6 Å². The van der Waals surface area contributed by atoms with Crippen molar-refractivity contribution in [2.75, 3.05) is 13.7 Å². The van der Waals surface area contributed by atoms with Crippen LogP contribution in [0.15, 0.2) is 18.2 Å². The first kappa shape index (κ1) is 13.8. The van der Waals surface area contributed by atoms with E-state index in [0.29, 0.717) is 5.92 Å². The number of ether oxygens (including phenoxy) is 1. The normalized spacial score (nSPS) is 25.3. The van der Waals surface area contributed by atoms with Gasteiger partial charge in [-0.3, -0.25) is 0 Å². The highest BCUT2D eigenvalue weighted by Crippen LogP contribution is 2.25. The fourth-order valence-electron chi connectivity index (χ4n) is 2.53. The summed E-state index contributed by atoms with van der Waals surface area (Å²) in [5, 5.41) is 3.45. The summed E-state index contributed by atoms with van der Waals surface area (Å²) in [5.41, 5.74) is 0.943. The van der Waals surface area contributed by atoms with Crippen LogP contribution >= 0.6 is 11.6 Å². The maximum absolute atomic E-state index is 13.4. The van der Waals surface area contributed by atoms with Crippen molar-refractivity contribution in [3.63, 3.8) is 0 Å². The molecule has 2 rings (SSSR count). The van der Waals surface area contributed by atoms with Gasteiger partial charge in [0.2, 0.25) is 0 Å². The van der Waals surface area contributed by atoms with Crippen LogP contribution in [0, 0.1) is 11.7 Å².